The molecule has 1 atom stereocenters. The number of aromatic nitrogens is 2. The molecule has 3 N–H and O–H groups in total. The van der Waals surface area contributed by atoms with E-state index in [9.17, 15) is 4.39 Å². The van der Waals surface area contributed by atoms with Crippen molar-refractivity contribution < 1.29 is 4.39 Å². The molecule has 0 aliphatic heterocycles. The Labute approximate surface area is 113 Å². The third-order valence-electron chi connectivity index (χ3n) is 2.83. The van der Waals surface area contributed by atoms with Crippen LogP contribution in [0.2, 0.25) is 0 Å². The van der Waals surface area contributed by atoms with Crippen LogP contribution in [-0.4, -0.2) is 9.55 Å². The number of hydrazine groups is 1. The average molecular weight is 313 g/mol. The maximum atomic E-state index is 13.4. The van der Waals surface area contributed by atoms with Crippen molar-refractivity contribution in [3.8, 4) is 0 Å². The third kappa shape index (κ3) is 2.60. The van der Waals surface area contributed by atoms with E-state index in [-0.39, 0.29) is 11.9 Å². The minimum atomic E-state index is -0.275. The lowest BCUT2D eigenvalue weighted by molar-refractivity contribution is 0.504. The van der Waals surface area contributed by atoms with Crippen LogP contribution in [0.3, 0.4) is 0 Å². The topological polar surface area (TPSA) is 55.9 Å². The first kappa shape index (κ1) is 13.2. The second kappa shape index (κ2) is 5.60. The van der Waals surface area contributed by atoms with Crippen LogP contribution in [-0.2, 0) is 13.5 Å². The van der Waals surface area contributed by atoms with E-state index >= 15 is 0 Å². The summed E-state index contributed by atoms with van der Waals surface area (Å²) >= 11 is 3.25. The Morgan fingerprint density at radius 1 is 1.56 bits per heavy atom. The number of nitrogens with zero attached hydrogens (tertiary/aromatic N) is 2. The van der Waals surface area contributed by atoms with Gasteiger partial charge in [-0.2, -0.15) is 0 Å². The fraction of sp³-hybridized carbons (Fsp3) is 0.250. The molecule has 0 bridgehead atoms. The lowest BCUT2D eigenvalue weighted by atomic mass is 10.1. The fourth-order valence-electron chi connectivity index (χ4n) is 1.86. The van der Waals surface area contributed by atoms with Gasteiger partial charge in [-0.25, -0.2) is 14.8 Å². The van der Waals surface area contributed by atoms with Crippen LogP contribution < -0.4 is 11.3 Å². The molecular formula is C12H14BrFN4. The van der Waals surface area contributed by atoms with E-state index < -0.39 is 0 Å². The smallest absolute Gasteiger partial charge is 0.137 e. The maximum absolute atomic E-state index is 13.4. The highest BCUT2D eigenvalue weighted by molar-refractivity contribution is 9.10. The van der Waals surface area contributed by atoms with Gasteiger partial charge in [0.1, 0.15) is 11.6 Å². The van der Waals surface area contributed by atoms with Crippen molar-refractivity contribution in [1.29, 1.82) is 0 Å². The maximum Gasteiger partial charge on any atom is 0.137 e. The molecular weight excluding hydrogens is 299 g/mol. The normalized spacial score (nSPS) is 12.7. The lowest BCUT2D eigenvalue weighted by Gasteiger charge is -2.16. The monoisotopic (exact) mass is 312 g/mol. The molecule has 2 rings (SSSR count). The van der Waals surface area contributed by atoms with Gasteiger partial charge in [0.05, 0.1) is 10.5 Å². The molecule has 0 radical (unpaired) electrons. The number of benzene rings is 1. The van der Waals surface area contributed by atoms with Gasteiger partial charge in [-0.05, 0) is 34.0 Å². The highest BCUT2D eigenvalue weighted by atomic mass is 79.9. The number of aryl methyl sites for hydroxylation is 1. The predicted molar refractivity (Wildman–Crippen MR) is 71.1 cm³/mol. The predicted octanol–water partition coefficient (Wildman–Crippen LogP) is 2.07. The van der Waals surface area contributed by atoms with E-state index in [1.165, 1.54) is 6.07 Å². The summed E-state index contributed by atoms with van der Waals surface area (Å²) in [7, 11) is 1.90. The Hall–Kier alpha value is -1.24. The SMILES string of the molecule is Cn1ccnc1C(Cc1cccc(F)c1Br)NN. The van der Waals surface area contributed by atoms with Crippen molar-refractivity contribution in [1.82, 2.24) is 15.0 Å². The van der Waals surface area contributed by atoms with E-state index in [0.29, 0.717) is 10.9 Å². The fourth-order valence-corrected chi connectivity index (χ4v) is 2.29. The van der Waals surface area contributed by atoms with E-state index in [2.05, 4.69) is 26.3 Å². The molecule has 0 fully saturated rings. The molecule has 6 heteroatoms. The van der Waals surface area contributed by atoms with E-state index in [4.69, 9.17) is 5.84 Å². The molecule has 18 heavy (non-hydrogen) atoms. The number of rotatable bonds is 4. The summed E-state index contributed by atoms with van der Waals surface area (Å²) in [6.45, 7) is 0. The Balaban J connectivity index is 2.26. The summed E-state index contributed by atoms with van der Waals surface area (Å²) in [5.41, 5.74) is 3.56. The zero-order valence-electron chi connectivity index (χ0n) is 9.90. The standard InChI is InChI=1S/C12H14BrFN4/c1-18-6-5-16-12(18)10(17-15)7-8-3-2-4-9(14)11(8)13/h2-6,10,17H,7,15H2,1H3. The van der Waals surface area contributed by atoms with Crippen molar-refractivity contribution in [3.05, 3.63) is 52.3 Å². The van der Waals surface area contributed by atoms with Gasteiger partial charge >= 0.3 is 0 Å². The molecule has 96 valence electrons. The number of hydrogen-bond acceptors (Lipinski definition) is 3. The molecule has 0 saturated heterocycles. The zero-order chi connectivity index (χ0) is 13.1. The van der Waals surface area contributed by atoms with Crippen LogP contribution in [0.5, 0.6) is 0 Å². The Kier molecular flexibility index (Phi) is 4.11. The minimum absolute atomic E-state index is 0.164. The first-order valence-corrected chi connectivity index (χ1v) is 6.29. The van der Waals surface area contributed by atoms with Crippen LogP contribution in [0, 0.1) is 5.82 Å². The molecule has 1 heterocycles. The second-order valence-corrected chi connectivity index (χ2v) is 4.83. The van der Waals surface area contributed by atoms with Gasteiger partial charge in [-0.3, -0.25) is 5.84 Å². The average Bonchev–Trinajstić information content (AvgIpc) is 2.77. The summed E-state index contributed by atoms with van der Waals surface area (Å²) in [6.07, 6.45) is 4.11. The molecule has 1 aromatic heterocycles. The van der Waals surface area contributed by atoms with E-state index in [1.807, 2.05) is 23.9 Å². The van der Waals surface area contributed by atoms with Crippen molar-refractivity contribution >= 4 is 15.9 Å². The van der Waals surface area contributed by atoms with Crippen LogP contribution in [0.4, 0.5) is 4.39 Å². The molecule has 2 aromatic rings. The molecule has 0 saturated carbocycles. The molecule has 4 nitrogen and oxygen atoms in total. The minimum Gasteiger partial charge on any atom is -0.337 e. The quantitative estimate of drug-likeness (QED) is 0.671. The number of hydrogen-bond donors (Lipinski definition) is 2. The summed E-state index contributed by atoms with van der Waals surface area (Å²) in [6, 6.07) is 4.80. The number of nitrogens with one attached hydrogen (secondary N) is 1. The molecule has 0 amide bonds. The van der Waals surface area contributed by atoms with Crippen molar-refractivity contribution in [3.63, 3.8) is 0 Å². The second-order valence-electron chi connectivity index (χ2n) is 4.03. The van der Waals surface area contributed by atoms with E-state index in [0.717, 1.165) is 11.4 Å². The summed E-state index contributed by atoms with van der Waals surface area (Å²) < 4.78 is 15.8. The Morgan fingerprint density at radius 3 is 2.94 bits per heavy atom. The molecule has 0 spiro atoms. The van der Waals surface area contributed by atoms with Crippen molar-refractivity contribution in [2.24, 2.45) is 12.9 Å². The van der Waals surface area contributed by atoms with Crippen LogP contribution >= 0.6 is 15.9 Å². The van der Waals surface area contributed by atoms with Gasteiger partial charge in [0.25, 0.3) is 0 Å². The highest BCUT2D eigenvalue weighted by Crippen LogP contribution is 2.25. The van der Waals surface area contributed by atoms with Crippen LogP contribution in [0.15, 0.2) is 35.1 Å². The zero-order valence-corrected chi connectivity index (χ0v) is 11.5. The summed E-state index contributed by atoms with van der Waals surface area (Å²) in [5.74, 6) is 6.10. The highest BCUT2D eigenvalue weighted by Gasteiger charge is 2.17. The van der Waals surface area contributed by atoms with Gasteiger partial charge in [0.2, 0.25) is 0 Å². The number of nitrogens with two attached hydrogens (primary N) is 1. The summed E-state index contributed by atoms with van der Waals surface area (Å²) in [5, 5.41) is 0. The van der Waals surface area contributed by atoms with Crippen molar-refractivity contribution in [2.45, 2.75) is 12.5 Å². The first-order chi connectivity index (χ1) is 8.63. The number of imidazole rings is 1. The Bertz CT molecular complexity index is 541. The third-order valence-corrected chi connectivity index (χ3v) is 3.71. The van der Waals surface area contributed by atoms with E-state index in [1.54, 1.807) is 12.3 Å². The van der Waals surface area contributed by atoms with Crippen molar-refractivity contribution in [2.75, 3.05) is 0 Å². The van der Waals surface area contributed by atoms with Gasteiger partial charge in [-0.1, -0.05) is 12.1 Å². The van der Waals surface area contributed by atoms with Crippen LogP contribution in [0.25, 0.3) is 0 Å². The number of halogens is 2. The van der Waals surface area contributed by atoms with Gasteiger partial charge in [0.15, 0.2) is 0 Å². The van der Waals surface area contributed by atoms with Crippen LogP contribution in [0.1, 0.15) is 17.4 Å². The first-order valence-electron chi connectivity index (χ1n) is 5.49. The molecule has 0 aliphatic carbocycles. The molecule has 1 aromatic carbocycles. The molecule has 1 unspecified atom stereocenters. The largest absolute Gasteiger partial charge is 0.337 e. The lowest BCUT2D eigenvalue weighted by Crippen LogP contribution is -2.31. The van der Waals surface area contributed by atoms with Gasteiger partial charge < -0.3 is 4.57 Å². The summed E-state index contributed by atoms with van der Waals surface area (Å²) in [4.78, 5) is 4.25. The van der Waals surface area contributed by atoms with Gasteiger partial charge in [-0.15, -0.1) is 0 Å². The molecule has 0 aliphatic rings. The van der Waals surface area contributed by atoms with Gasteiger partial charge in [0, 0.05) is 19.4 Å². The Morgan fingerprint density at radius 2 is 2.33 bits per heavy atom.